The van der Waals surface area contributed by atoms with Crippen LogP contribution in [-0.4, -0.2) is 21.9 Å². The largest absolute Gasteiger partial charge is 0.462 e. The second-order valence-corrected chi connectivity index (χ2v) is 5.52. The summed E-state index contributed by atoms with van der Waals surface area (Å²) < 4.78 is 7.55. The van der Waals surface area contributed by atoms with Gasteiger partial charge < -0.3 is 13.9 Å². The van der Waals surface area contributed by atoms with E-state index in [2.05, 4.69) is 10.6 Å². The molecule has 0 aromatic carbocycles. The van der Waals surface area contributed by atoms with Crippen LogP contribution >= 0.6 is 0 Å². The minimum atomic E-state index is 0.0488. The maximum absolute atomic E-state index is 12.4. The van der Waals surface area contributed by atoms with E-state index in [1.165, 1.54) is 5.69 Å². The number of aromatic nitrogens is 1. The van der Waals surface area contributed by atoms with Crippen molar-refractivity contribution in [3.63, 3.8) is 0 Å². The van der Waals surface area contributed by atoms with Crippen LogP contribution in [0.2, 0.25) is 0 Å². The number of furan rings is 1. The molecule has 3 heterocycles. The van der Waals surface area contributed by atoms with Gasteiger partial charge in [0.05, 0.1) is 6.04 Å². The fourth-order valence-corrected chi connectivity index (χ4v) is 2.95. The van der Waals surface area contributed by atoms with Crippen LogP contribution in [0.25, 0.3) is 6.08 Å². The SMILES string of the molecule is Cc1ccc(/C=C/C(=O)N2CCC[C@@H]2c2cccn2C)o1. The number of likely N-dealkylation sites (tertiary alicyclic amines) is 1. The average Bonchev–Trinajstić information content (AvgIpc) is 3.16. The summed E-state index contributed by atoms with van der Waals surface area (Å²) in [7, 11) is 2.03. The zero-order valence-corrected chi connectivity index (χ0v) is 12.5. The zero-order chi connectivity index (χ0) is 14.8. The highest BCUT2D eigenvalue weighted by atomic mass is 16.3. The molecule has 3 rings (SSSR count). The first kappa shape index (κ1) is 13.7. The summed E-state index contributed by atoms with van der Waals surface area (Å²) in [6.45, 7) is 2.71. The minimum Gasteiger partial charge on any atom is -0.462 e. The van der Waals surface area contributed by atoms with E-state index in [4.69, 9.17) is 4.42 Å². The van der Waals surface area contributed by atoms with E-state index < -0.39 is 0 Å². The molecule has 21 heavy (non-hydrogen) atoms. The van der Waals surface area contributed by atoms with Crippen LogP contribution in [0.15, 0.2) is 41.0 Å². The van der Waals surface area contributed by atoms with Crippen LogP contribution in [0.5, 0.6) is 0 Å². The van der Waals surface area contributed by atoms with Crippen molar-refractivity contribution in [2.75, 3.05) is 6.54 Å². The molecule has 110 valence electrons. The van der Waals surface area contributed by atoms with E-state index in [1.807, 2.05) is 43.3 Å². The molecule has 1 atom stereocenters. The Morgan fingerprint density at radius 1 is 1.38 bits per heavy atom. The van der Waals surface area contributed by atoms with Crippen molar-refractivity contribution >= 4 is 12.0 Å². The summed E-state index contributed by atoms with van der Waals surface area (Å²) in [6, 6.07) is 8.07. The van der Waals surface area contributed by atoms with Crippen molar-refractivity contribution in [2.45, 2.75) is 25.8 Å². The maximum atomic E-state index is 12.4. The Bertz CT molecular complexity index is 666. The first-order chi connectivity index (χ1) is 10.1. The van der Waals surface area contributed by atoms with E-state index in [0.29, 0.717) is 0 Å². The number of rotatable bonds is 3. The van der Waals surface area contributed by atoms with Crippen LogP contribution in [0, 0.1) is 6.92 Å². The highest BCUT2D eigenvalue weighted by Crippen LogP contribution is 2.32. The standard InChI is InChI=1S/C17H20N2O2/c1-13-7-8-14(21-13)9-10-17(20)19-12-4-6-16(19)15-5-3-11-18(15)2/h3,5,7-11,16H,4,6,12H2,1-2H3/b10-9+/t16-/m1/s1. The monoisotopic (exact) mass is 284 g/mol. The summed E-state index contributed by atoms with van der Waals surface area (Å²) in [4.78, 5) is 14.4. The van der Waals surface area contributed by atoms with Gasteiger partial charge in [-0.15, -0.1) is 0 Å². The molecule has 0 saturated carbocycles. The molecule has 2 aromatic heterocycles. The smallest absolute Gasteiger partial charge is 0.247 e. The van der Waals surface area contributed by atoms with Crippen LogP contribution < -0.4 is 0 Å². The molecular formula is C17H20N2O2. The van der Waals surface area contributed by atoms with Gasteiger partial charge in [-0.2, -0.15) is 0 Å². The van der Waals surface area contributed by atoms with Crippen molar-refractivity contribution in [3.05, 3.63) is 53.8 Å². The Kier molecular flexibility index (Phi) is 3.69. The highest BCUT2D eigenvalue weighted by Gasteiger charge is 2.30. The van der Waals surface area contributed by atoms with Gasteiger partial charge in [0.1, 0.15) is 11.5 Å². The predicted octanol–water partition coefficient (Wildman–Crippen LogP) is 3.30. The molecular weight excluding hydrogens is 264 g/mol. The quantitative estimate of drug-likeness (QED) is 0.811. The molecule has 2 aromatic rings. The van der Waals surface area contributed by atoms with E-state index in [9.17, 15) is 4.79 Å². The Hall–Kier alpha value is -2.23. The lowest BCUT2D eigenvalue weighted by Gasteiger charge is -2.24. The molecule has 1 aliphatic rings. The fraction of sp³-hybridized carbons (Fsp3) is 0.353. The maximum Gasteiger partial charge on any atom is 0.247 e. The number of carbonyl (C=O) groups is 1. The molecule has 0 aliphatic carbocycles. The topological polar surface area (TPSA) is 38.4 Å². The molecule has 4 nitrogen and oxygen atoms in total. The van der Waals surface area contributed by atoms with Gasteiger partial charge in [0.2, 0.25) is 5.91 Å². The van der Waals surface area contributed by atoms with E-state index in [0.717, 1.165) is 30.9 Å². The van der Waals surface area contributed by atoms with Gasteiger partial charge in [0, 0.05) is 31.6 Å². The molecule has 1 saturated heterocycles. The van der Waals surface area contributed by atoms with Gasteiger partial charge >= 0.3 is 0 Å². The van der Waals surface area contributed by atoms with Crippen molar-refractivity contribution < 1.29 is 9.21 Å². The lowest BCUT2D eigenvalue weighted by Crippen LogP contribution is -2.29. The molecule has 0 spiro atoms. The van der Waals surface area contributed by atoms with Crippen molar-refractivity contribution in [1.82, 2.24) is 9.47 Å². The molecule has 1 amide bonds. The van der Waals surface area contributed by atoms with E-state index >= 15 is 0 Å². The number of hydrogen-bond donors (Lipinski definition) is 0. The van der Waals surface area contributed by atoms with Crippen molar-refractivity contribution in [3.8, 4) is 0 Å². The Morgan fingerprint density at radius 3 is 2.90 bits per heavy atom. The van der Waals surface area contributed by atoms with E-state index in [1.54, 1.807) is 12.2 Å². The average molecular weight is 284 g/mol. The van der Waals surface area contributed by atoms with Crippen molar-refractivity contribution in [1.29, 1.82) is 0 Å². The highest BCUT2D eigenvalue weighted by molar-refractivity contribution is 5.91. The summed E-state index contributed by atoms with van der Waals surface area (Å²) in [5.74, 6) is 1.62. The van der Waals surface area contributed by atoms with Crippen LogP contribution in [0.3, 0.4) is 0 Å². The molecule has 1 aliphatic heterocycles. The zero-order valence-electron chi connectivity index (χ0n) is 12.5. The number of aryl methyl sites for hydroxylation is 2. The summed E-state index contributed by atoms with van der Waals surface area (Å²) >= 11 is 0. The second-order valence-electron chi connectivity index (χ2n) is 5.52. The first-order valence-corrected chi connectivity index (χ1v) is 7.31. The molecule has 0 unspecified atom stereocenters. The molecule has 4 heteroatoms. The van der Waals surface area contributed by atoms with Crippen molar-refractivity contribution in [2.24, 2.45) is 7.05 Å². The summed E-state index contributed by atoms with van der Waals surface area (Å²) in [5, 5.41) is 0. The fourth-order valence-electron chi connectivity index (χ4n) is 2.95. The first-order valence-electron chi connectivity index (χ1n) is 7.31. The molecule has 1 fully saturated rings. The number of nitrogens with zero attached hydrogens (tertiary/aromatic N) is 2. The lowest BCUT2D eigenvalue weighted by molar-refractivity contribution is -0.126. The van der Waals surface area contributed by atoms with Crippen LogP contribution in [-0.2, 0) is 11.8 Å². The van der Waals surface area contributed by atoms with Gasteiger partial charge in [0.25, 0.3) is 0 Å². The Balaban J connectivity index is 1.74. The predicted molar refractivity (Wildman–Crippen MR) is 81.6 cm³/mol. The normalized spacial score (nSPS) is 18.8. The Labute approximate surface area is 124 Å². The van der Waals surface area contributed by atoms with Gasteiger partial charge in [-0.05, 0) is 50.1 Å². The Morgan fingerprint density at radius 2 is 2.24 bits per heavy atom. The van der Waals surface area contributed by atoms with Crippen LogP contribution in [0.4, 0.5) is 0 Å². The second kappa shape index (κ2) is 5.64. The molecule has 0 bridgehead atoms. The third kappa shape index (κ3) is 2.79. The third-order valence-corrected chi connectivity index (χ3v) is 4.01. The lowest BCUT2D eigenvalue weighted by atomic mass is 10.1. The summed E-state index contributed by atoms with van der Waals surface area (Å²) in [6.07, 6.45) is 7.46. The van der Waals surface area contributed by atoms with Gasteiger partial charge in [-0.3, -0.25) is 4.79 Å². The minimum absolute atomic E-state index is 0.0488. The number of hydrogen-bond acceptors (Lipinski definition) is 2. The number of amides is 1. The number of carbonyl (C=O) groups excluding carboxylic acids is 1. The van der Waals surface area contributed by atoms with Gasteiger partial charge in [0.15, 0.2) is 0 Å². The van der Waals surface area contributed by atoms with Gasteiger partial charge in [-0.1, -0.05) is 0 Å². The van der Waals surface area contributed by atoms with E-state index in [-0.39, 0.29) is 11.9 Å². The molecule has 0 radical (unpaired) electrons. The molecule has 0 N–H and O–H groups in total. The van der Waals surface area contributed by atoms with Crippen LogP contribution in [0.1, 0.15) is 36.1 Å². The summed E-state index contributed by atoms with van der Waals surface area (Å²) in [5.41, 5.74) is 1.20. The van der Waals surface area contributed by atoms with Gasteiger partial charge in [-0.25, -0.2) is 0 Å². The third-order valence-electron chi connectivity index (χ3n) is 4.01.